The summed E-state index contributed by atoms with van der Waals surface area (Å²) in [4.78, 5) is 15.8. The molecule has 2 N–H and O–H groups in total. The van der Waals surface area contributed by atoms with Crippen LogP contribution in [0, 0.1) is 6.92 Å². The van der Waals surface area contributed by atoms with E-state index in [9.17, 15) is 4.79 Å². The normalized spacial score (nSPS) is 12.8. The Balaban J connectivity index is 2.48. The van der Waals surface area contributed by atoms with Crippen LogP contribution in [0.4, 0.5) is 0 Å². The number of nitrogens with zero attached hydrogens (tertiary/aromatic N) is 1. The van der Waals surface area contributed by atoms with Crippen LogP contribution in [0.5, 0.6) is 0 Å². The van der Waals surface area contributed by atoms with Gasteiger partial charge in [-0.2, -0.15) is 0 Å². The lowest BCUT2D eigenvalue weighted by molar-refractivity contribution is -0.119. The van der Waals surface area contributed by atoms with Crippen LogP contribution >= 0.6 is 11.3 Å². The zero-order valence-corrected chi connectivity index (χ0v) is 9.43. The number of carbonyl (C=O) groups is 1. The minimum absolute atomic E-state index is 0.0983. The van der Waals surface area contributed by atoms with Crippen molar-refractivity contribution in [3.05, 3.63) is 16.1 Å². The SMILES string of the molecule is CCCC(N)C(=O)Cc1nc(C)cs1. The minimum atomic E-state index is -0.316. The zero-order valence-electron chi connectivity index (χ0n) is 8.62. The van der Waals surface area contributed by atoms with E-state index in [1.807, 2.05) is 19.2 Å². The molecule has 0 amide bonds. The lowest BCUT2D eigenvalue weighted by atomic mass is 10.1. The fraction of sp³-hybridized carbons (Fsp3) is 0.600. The highest BCUT2D eigenvalue weighted by Gasteiger charge is 2.14. The highest BCUT2D eigenvalue weighted by molar-refractivity contribution is 7.09. The molecule has 0 aromatic carbocycles. The predicted octanol–water partition coefficient (Wildman–Crippen LogP) is 1.69. The lowest BCUT2D eigenvalue weighted by Crippen LogP contribution is -2.31. The second kappa shape index (κ2) is 5.22. The molecule has 1 aromatic heterocycles. The molecular weight excluding hydrogens is 196 g/mol. The summed E-state index contributed by atoms with van der Waals surface area (Å²) in [6, 6.07) is -0.316. The summed E-state index contributed by atoms with van der Waals surface area (Å²) < 4.78 is 0. The van der Waals surface area contributed by atoms with Crippen molar-refractivity contribution in [1.82, 2.24) is 4.98 Å². The quantitative estimate of drug-likeness (QED) is 0.808. The van der Waals surface area contributed by atoms with Gasteiger partial charge >= 0.3 is 0 Å². The van der Waals surface area contributed by atoms with E-state index in [0.717, 1.165) is 23.5 Å². The van der Waals surface area contributed by atoms with Gasteiger partial charge in [0.15, 0.2) is 5.78 Å². The molecule has 1 unspecified atom stereocenters. The largest absolute Gasteiger partial charge is 0.321 e. The molecule has 1 aromatic rings. The summed E-state index contributed by atoms with van der Waals surface area (Å²) in [7, 11) is 0. The van der Waals surface area contributed by atoms with Gasteiger partial charge in [0, 0.05) is 11.1 Å². The van der Waals surface area contributed by atoms with Gasteiger partial charge in [0.2, 0.25) is 0 Å². The fourth-order valence-electron chi connectivity index (χ4n) is 1.24. The Morgan fingerprint density at radius 2 is 2.43 bits per heavy atom. The molecule has 0 aliphatic carbocycles. The molecular formula is C10H16N2OS. The van der Waals surface area contributed by atoms with Crippen molar-refractivity contribution >= 4 is 17.1 Å². The molecule has 0 spiro atoms. The molecule has 1 atom stereocenters. The molecule has 14 heavy (non-hydrogen) atoms. The molecule has 0 radical (unpaired) electrons. The molecule has 0 fully saturated rings. The van der Waals surface area contributed by atoms with Gasteiger partial charge in [0.1, 0.15) is 5.01 Å². The van der Waals surface area contributed by atoms with Gasteiger partial charge in [0.25, 0.3) is 0 Å². The lowest BCUT2D eigenvalue weighted by Gasteiger charge is -2.06. The molecule has 1 heterocycles. The number of nitrogens with two attached hydrogens (primary N) is 1. The highest BCUT2D eigenvalue weighted by atomic mass is 32.1. The average Bonchev–Trinajstić information content (AvgIpc) is 2.51. The second-order valence-corrected chi connectivity index (χ2v) is 4.36. The van der Waals surface area contributed by atoms with Gasteiger partial charge in [-0.3, -0.25) is 4.79 Å². The van der Waals surface area contributed by atoms with Crippen molar-refractivity contribution in [3.63, 3.8) is 0 Å². The Hall–Kier alpha value is -0.740. The van der Waals surface area contributed by atoms with Crippen molar-refractivity contribution in [2.75, 3.05) is 0 Å². The minimum Gasteiger partial charge on any atom is -0.321 e. The molecule has 1 rings (SSSR count). The third kappa shape index (κ3) is 3.20. The Morgan fingerprint density at radius 3 is 2.93 bits per heavy atom. The Morgan fingerprint density at radius 1 is 1.71 bits per heavy atom. The van der Waals surface area contributed by atoms with Crippen LogP contribution in [0.2, 0.25) is 0 Å². The fourth-order valence-corrected chi connectivity index (χ4v) is 2.02. The number of Topliss-reactive ketones (excluding diaryl/α,β-unsaturated/α-hetero) is 1. The van der Waals surface area contributed by atoms with E-state index in [1.165, 1.54) is 11.3 Å². The average molecular weight is 212 g/mol. The first-order valence-corrected chi connectivity index (χ1v) is 5.70. The molecule has 0 aliphatic heterocycles. The third-order valence-corrected chi connectivity index (χ3v) is 2.97. The van der Waals surface area contributed by atoms with Crippen molar-refractivity contribution < 1.29 is 4.79 Å². The highest BCUT2D eigenvalue weighted by Crippen LogP contribution is 2.10. The molecule has 78 valence electrons. The number of carbonyl (C=O) groups excluding carboxylic acids is 1. The molecule has 0 saturated carbocycles. The zero-order chi connectivity index (χ0) is 10.6. The second-order valence-electron chi connectivity index (χ2n) is 3.42. The van der Waals surface area contributed by atoms with Crippen molar-refractivity contribution in [2.24, 2.45) is 5.73 Å². The molecule has 4 heteroatoms. The number of hydrogen-bond acceptors (Lipinski definition) is 4. The number of aryl methyl sites for hydroxylation is 1. The topological polar surface area (TPSA) is 56.0 Å². The standard InChI is InChI=1S/C10H16N2OS/c1-3-4-8(11)9(13)5-10-12-7(2)6-14-10/h6,8H,3-5,11H2,1-2H3. The van der Waals surface area contributed by atoms with Gasteiger partial charge in [-0.25, -0.2) is 4.98 Å². The van der Waals surface area contributed by atoms with E-state index in [-0.39, 0.29) is 11.8 Å². The molecule has 0 bridgehead atoms. The van der Waals surface area contributed by atoms with E-state index in [0.29, 0.717) is 6.42 Å². The van der Waals surface area contributed by atoms with E-state index >= 15 is 0 Å². The number of thiazole rings is 1. The van der Waals surface area contributed by atoms with E-state index in [1.54, 1.807) is 0 Å². The van der Waals surface area contributed by atoms with Gasteiger partial charge < -0.3 is 5.73 Å². The first-order valence-electron chi connectivity index (χ1n) is 4.82. The number of aromatic nitrogens is 1. The van der Waals surface area contributed by atoms with Gasteiger partial charge in [-0.05, 0) is 13.3 Å². The first-order chi connectivity index (χ1) is 6.63. The Kier molecular flexibility index (Phi) is 4.22. The molecule has 3 nitrogen and oxygen atoms in total. The molecule has 0 aliphatic rings. The van der Waals surface area contributed by atoms with Crippen molar-refractivity contribution in [1.29, 1.82) is 0 Å². The van der Waals surface area contributed by atoms with Gasteiger partial charge in [-0.1, -0.05) is 13.3 Å². The van der Waals surface area contributed by atoms with E-state index < -0.39 is 0 Å². The maximum absolute atomic E-state index is 11.6. The van der Waals surface area contributed by atoms with E-state index in [4.69, 9.17) is 5.73 Å². The van der Waals surface area contributed by atoms with Gasteiger partial charge in [0.05, 0.1) is 12.5 Å². The van der Waals surface area contributed by atoms with Crippen LogP contribution in [0.1, 0.15) is 30.5 Å². The van der Waals surface area contributed by atoms with Crippen LogP contribution in [-0.4, -0.2) is 16.8 Å². The van der Waals surface area contributed by atoms with Crippen LogP contribution in [0.25, 0.3) is 0 Å². The summed E-state index contributed by atoms with van der Waals surface area (Å²) >= 11 is 1.53. The summed E-state index contributed by atoms with van der Waals surface area (Å²) in [6.45, 7) is 3.96. The number of ketones is 1. The van der Waals surface area contributed by atoms with Crippen LogP contribution in [-0.2, 0) is 11.2 Å². The Labute approximate surface area is 88.3 Å². The summed E-state index contributed by atoms with van der Waals surface area (Å²) in [5, 5.41) is 2.83. The van der Waals surface area contributed by atoms with Crippen LogP contribution in [0.15, 0.2) is 5.38 Å². The third-order valence-electron chi connectivity index (χ3n) is 2.01. The first kappa shape index (κ1) is 11.3. The number of hydrogen-bond donors (Lipinski definition) is 1. The smallest absolute Gasteiger partial charge is 0.156 e. The predicted molar refractivity (Wildman–Crippen MR) is 58.4 cm³/mol. The maximum atomic E-state index is 11.6. The Bertz CT molecular complexity index is 309. The molecule has 0 saturated heterocycles. The van der Waals surface area contributed by atoms with Crippen molar-refractivity contribution in [2.45, 2.75) is 39.2 Å². The van der Waals surface area contributed by atoms with Crippen molar-refractivity contribution in [3.8, 4) is 0 Å². The summed E-state index contributed by atoms with van der Waals surface area (Å²) in [6.07, 6.45) is 2.10. The maximum Gasteiger partial charge on any atom is 0.156 e. The van der Waals surface area contributed by atoms with Crippen LogP contribution < -0.4 is 5.73 Å². The summed E-state index contributed by atoms with van der Waals surface area (Å²) in [5.74, 6) is 0.0983. The van der Waals surface area contributed by atoms with Crippen LogP contribution in [0.3, 0.4) is 0 Å². The number of rotatable bonds is 5. The summed E-state index contributed by atoms with van der Waals surface area (Å²) in [5.41, 5.74) is 6.68. The monoisotopic (exact) mass is 212 g/mol. The van der Waals surface area contributed by atoms with Gasteiger partial charge in [-0.15, -0.1) is 11.3 Å². The van der Waals surface area contributed by atoms with E-state index in [2.05, 4.69) is 4.98 Å².